The van der Waals surface area contributed by atoms with Crippen molar-refractivity contribution in [2.45, 2.75) is 12.2 Å². The predicted octanol–water partition coefficient (Wildman–Crippen LogP) is 0.899. The average molecular weight is 179 g/mol. The van der Waals surface area contributed by atoms with E-state index < -0.39 is 0 Å². The summed E-state index contributed by atoms with van der Waals surface area (Å²) >= 11 is 1.37. The first-order valence-corrected chi connectivity index (χ1v) is 2.83. The topological polar surface area (TPSA) is 0 Å². The maximum atomic E-state index is 2.19. The molecular formula is C2H9AlCl2Ti. The molecule has 0 spiro atoms. The Morgan fingerprint density at radius 1 is 1.33 bits per heavy atom. The van der Waals surface area contributed by atoms with Gasteiger partial charge in [0.15, 0.2) is 0 Å². The minimum Gasteiger partial charge on any atom is -0.147 e. The second-order valence-corrected chi connectivity index (χ2v) is 2.12. The van der Waals surface area contributed by atoms with Gasteiger partial charge in [-0.25, -0.2) is 0 Å². The summed E-state index contributed by atoms with van der Waals surface area (Å²) in [4.78, 5) is 0. The zero-order valence-corrected chi connectivity index (χ0v) is 9.22. The number of halogens is 2. The van der Waals surface area contributed by atoms with E-state index >= 15 is 0 Å². The van der Waals surface area contributed by atoms with Crippen LogP contribution in [0.5, 0.6) is 0 Å². The monoisotopic (exact) mass is 178 g/mol. The first-order chi connectivity index (χ1) is 1.41. The van der Waals surface area contributed by atoms with Gasteiger partial charge < -0.3 is 0 Å². The average Bonchev–Trinajstić information content (AvgIpc) is 0.918. The molecule has 0 rings (SSSR count). The van der Waals surface area contributed by atoms with Gasteiger partial charge >= 0.3 is 0 Å². The van der Waals surface area contributed by atoms with Crippen LogP contribution in [-0.2, 0) is 21.7 Å². The van der Waals surface area contributed by atoms with Gasteiger partial charge in [0.05, 0.1) is 0 Å². The van der Waals surface area contributed by atoms with E-state index in [2.05, 4.69) is 6.92 Å². The van der Waals surface area contributed by atoms with E-state index in [1.54, 1.807) is 0 Å². The summed E-state index contributed by atoms with van der Waals surface area (Å²) in [6.45, 7) is 2.19. The van der Waals surface area contributed by atoms with Crippen molar-refractivity contribution in [2.75, 3.05) is 0 Å². The van der Waals surface area contributed by atoms with Crippen LogP contribution < -0.4 is 0 Å². The fourth-order valence-electron chi connectivity index (χ4n) is 0. The van der Waals surface area contributed by atoms with Gasteiger partial charge in [-0.1, -0.05) is 6.92 Å². The molecule has 0 aromatic rings. The molecule has 0 aromatic heterocycles. The summed E-state index contributed by atoms with van der Waals surface area (Å²) in [6.07, 6.45) is 0. The molecule has 0 fully saturated rings. The summed E-state index contributed by atoms with van der Waals surface area (Å²) in [5.74, 6) is 0. The van der Waals surface area contributed by atoms with Crippen LogP contribution in [0.1, 0.15) is 6.92 Å². The SMILES string of the molecule is C[CH2][AlH2].Cl.Cl.[Ti]. The number of hydrogen-bond donors (Lipinski definition) is 0. The van der Waals surface area contributed by atoms with Gasteiger partial charge in [0.1, 0.15) is 0 Å². The first-order valence-electron chi connectivity index (χ1n) is 1.41. The largest absolute Gasteiger partial charge is 0.211 e. The summed E-state index contributed by atoms with van der Waals surface area (Å²) < 4.78 is 0. The molecule has 0 amide bonds. The third-order valence-corrected chi connectivity index (χ3v) is 0. The molecule has 38 valence electrons. The smallest absolute Gasteiger partial charge is 0.147 e. The molecule has 0 aliphatic rings. The van der Waals surface area contributed by atoms with E-state index in [1.807, 2.05) is 0 Å². The Bertz CT molecular complexity index is 11.5. The van der Waals surface area contributed by atoms with Gasteiger partial charge in [-0.3, -0.25) is 0 Å². The molecule has 0 unspecified atom stereocenters. The first kappa shape index (κ1) is 24.9. The molecule has 6 heavy (non-hydrogen) atoms. The maximum Gasteiger partial charge on any atom is 0.211 e. The second-order valence-electron chi connectivity index (χ2n) is 0.707. The summed E-state index contributed by atoms with van der Waals surface area (Å²) in [5.41, 5.74) is 0. The molecule has 0 bridgehead atoms. The van der Waals surface area contributed by atoms with E-state index in [1.165, 1.54) is 21.6 Å². The van der Waals surface area contributed by atoms with Crippen LogP contribution in [0.15, 0.2) is 0 Å². The van der Waals surface area contributed by atoms with Crippen LogP contribution in [0.2, 0.25) is 5.28 Å². The number of rotatable bonds is 0. The Hall–Kier alpha value is 1.83. The Labute approximate surface area is 74.6 Å². The van der Waals surface area contributed by atoms with Crippen molar-refractivity contribution in [2.24, 2.45) is 0 Å². The second kappa shape index (κ2) is 29.0. The van der Waals surface area contributed by atoms with E-state index in [4.69, 9.17) is 0 Å². The van der Waals surface area contributed by atoms with E-state index in [9.17, 15) is 0 Å². The Kier molecular flexibility index (Phi) is 120. The van der Waals surface area contributed by atoms with Crippen molar-refractivity contribution in [1.29, 1.82) is 0 Å². The molecule has 0 saturated heterocycles. The molecule has 0 heterocycles. The molecular weight excluding hydrogens is 170 g/mol. The van der Waals surface area contributed by atoms with Gasteiger partial charge in [0.2, 0.25) is 16.3 Å². The summed E-state index contributed by atoms with van der Waals surface area (Å²) in [7, 11) is 0. The maximum absolute atomic E-state index is 2.19. The number of hydrogen-bond acceptors (Lipinski definition) is 0. The molecule has 0 aromatic carbocycles. The predicted molar refractivity (Wildman–Crippen MR) is 33.5 cm³/mol. The van der Waals surface area contributed by atoms with Crippen molar-refractivity contribution in [1.82, 2.24) is 0 Å². The molecule has 0 N–H and O–H groups in total. The Morgan fingerprint density at radius 2 is 1.33 bits per heavy atom. The van der Waals surface area contributed by atoms with Gasteiger partial charge in [0.25, 0.3) is 0 Å². The van der Waals surface area contributed by atoms with Crippen molar-refractivity contribution in [3.05, 3.63) is 0 Å². The van der Waals surface area contributed by atoms with Crippen LogP contribution in [0.25, 0.3) is 0 Å². The summed E-state index contributed by atoms with van der Waals surface area (Å²) in [5, 5.41) is 1.39. The minimum absolute atomic E-state index is 0. The van der Waals surface area contributed by atoms with E-state index in [-0.39, 0.29) is 46.5 Å². The van der Waals surface area contributed by atoms with Gasteiger partial charge in [-0.2, -0.15) is 0 Å². The molecule has 4 heteroatoms. The quantitative estimate of drug-likeness (QED) is 0.484. The molecule has 0 atom stereocenters. The van der Waals surface area contributed by atoms with Crippen LogP contribution in [0.3, 0.4) is 0 Å². The van der Waals surface area contributed by atoms with E-state index in [0.29, 0.717) is 0 Å². The Balaban J connectivity index is -0.00000000667. The van der Waals surface area contributed by atoms with Crippen LogP contribution in [-0.4, -0.2) is 16.3 Å². The van der Waals surface area contributed by atoms with Gasteiger partial charge in [0, 0.05) is 21.7 Å². The third kappa shape index (κ3) is 40.7. The zero-order chi connectivity index (χ0) is 2.71. The van der Waals surface area contributed by atoms with Crippen LogP contribution in [0, 0.1) is 0 Å². The van der Waals surface area contributed by atoms with E-state index in [0.717, 1.165) is 0 Å². The minimum atomic E-state index is 0. The standard InChI is InChI=1S/C2H5.Al.2ClH.Ti.2H/c1-2;;;;;;/h1H2,2H3;;2*1H;;;. The molecule has 0 aliphatic carbocycles. The molecule has 0 nitrogen and oxygen atoms in total. The van der Waals surface area contributed by atoms with Crippen LogP contribution in [0.4, 0.5) is 0 Å². The fourth-order valence-corrected chi connectivity index (χ4v) is 0. The molecule has 0 radical (unpaired) electrons. The normalized spacial score (nSPS) is 2.83. The van der Waals surface area contributed by atoms with Gasteiger partial charge in [-0.15, -0.1) is 30.1 Å². The van der Waals surface area contributed by atoms with Crippen molar-refractivity contribution < 1.29 is 21.7 Å². The van der Waals surface area contributed by atoms with Crippen molar-refractivity contribution >= 4 is 41.1 Å². The third-order valence-electron chi connectivity index (χ3n) is 0. The fraction of sp³-hybridized carbons (Fsp3) is 1.00. The van der Waals surface area contributed by atoms with Gasteiger partial charge in [-0.05, 0) is 0 Å². The van der Waals surface area contributed by atoms with Crippen molar-refractivity contribution in [3.63, 3.8) is 0 Å². The van der Waals surface area contributed by atoms with Crippen LogP contribution >= 0.6 is 24.8 Å². The zero-order valence-electron chi connectivity index (χ0n) is 4.02. The van der Waals surface area contributed by atoms with Crippen molar-refractivity contribution in [3.8, 4) is 0 Å². The molecule has 0 aliphatic heterocycles. The Morgan fingerprint density at radius 3 is 1.33 bits per heavy atom. The molecule has 0 saturated carbocycles. The summed E-state index contributed by atoms with van der Waals surface area (Å²) in [6, 6.07) is 0.